The van der Waals surface area contributed by atoms with Crippen molar-refractivity contribution in [2.75, 3.05) is 0 Å². The Kier molecular flexibility index (Phi) is 3.90. The van der Waals surface area contributed by atoms with Crippen LogP contribution in [0.3, 0.4) is 0 Å². The number of benzene rings is 3. The Bertz CT molecular complexity index is 885. The summed E-state index contributed by atoms with van der Waals surface area (Å²) in [7, 11) is 0. The summed E-state index contributed by atoms with van der Waals surface area (Å²) in [6.07, 6.45) is -0.885. The van der Waals surface area contributed by atoms with Crippen LogP contribution in [0.25, 0.3) is 11.1 Å². The molecule has 4 rings (SSSR count). The van der Waals surface area contributed by atoms with Gasteiger partial charge in [-0.25, -0.2) is 0 Å². The number of ketones is 1. The average Bonchev–Trinajstić information content (AvgIpc) is 3.01. The second-order valence-electron chi connectivity index (χ2n) is 6.04. The lowest BCUT2D eigenvalue weighted by molar-refractivity contribution is -0.132. The van der Waals surface area contributed by atoms with E-state index in [1.165, 1.54) is 0 Å². The third kappa shape index (κ3) is 2.54. The van der Waals surface area contributed by atoms with Gasteiger partial charge in [0.15, 0.2) is 6.10 Å². The fourth-order valence-electron chi connectivity index (χ4n) is 3.64. The molecule has 3 nitrogen and oxygen atoms in total. The summed E-state index contributed by atoms with van der Waals surface area (Å²) in [6, 6.07) is 24.9. The van der Waals surface area contributed by atoms with Crippen molar-refractivity contribution >= 4 is 12.3 Å². The highest BCUT2D eigenvalue weighted by Crippen LogP contribution is 2.47. The van der Waals surface area contributed by atoms with Crippen molar-refractivity contribution < 1.29 is 14.3 Å². The number of Topliss-reactive ketones (excluding diaryl/α,β-unsaturated/α-hetero) is 1. The van der Waals surface area contributed by atoms with Crippen LogP contribution >= 0.6 is 0 Å². The lowest BCUT2D eigenvalue weighted by atomic mass is 9.87. The van der Waals surface area contributed by atoms with Crippen molar-refractivity contribution in [1.82, 2.24) is 0 Å². The lowest BCUT2D eigenvalue weighted by Gasteiger charge is -2.23. The van der Waals surface area contributed by atoms with Gasteiger partial charge in [-0.05, 0) is 22.3 Å². The summed E-state index contributed by atoms with van der Waals surface area (Å²) in [6.45, 7) is 0.370. The van der Waals surface area contributed by atoms with Crippen molar-refractivity contribution in [2.45, 2.75) is 12.0 Å². The number of hydrogen-bond acceptors (Lipinski definition) is 3. The first kappa shape index (κ1) is 15.3. The molecule has 3 aromatic carbocycles. The molecule has 3 aromatic rings. The largest absolute Gasteiger partial charge is 0.455 e. The van der Waals surface area contributed by atoms with Crippen LogP contribution < -0.4 is 0 Å². The third-order valence-electron chi connectivity index (χ3n) is 4.70. The number of fused-ring (bicyclic) bond motifs is 3. The van der Waals surface area contributed by atoms with Crippen molar-refractivity contribution in [2.24, 2.45) is 0 Å². The monoisotopic (exact) mass is 328 g/mol. The molecule has 0 N–H and O–H groups in total. The molecule has 0 saturated carbocycles. The van der Waals surface area contributed by atoms with Crippen LogP contribution in [0.15, 0.2) is 78.9 Å². The molecule has 122 valence electrons. The predicted octanol–water partition coefficient (Wildman–Crippen LogP) is 4.22. The molecule has 0 heterocycles. The Labute approximate surface area is 145 Å². The minimum atomic E-state index is -0.885. The van der Waals surface area contributed by atoms with Gasteiger partial charge in [0.1, 0.15) is 0 Å². The predicted molar refractivity (Wildman–Crippen MR) is 95.4 cm³/mol. The molecule has 1 atom stereocenters. The maximum Gasteiger partial charge on any atom is 0.293 e. The van der Waals surface area contributed by atoms with Crippen LogP contribution in [0, 0.1) is 0 Å². The molecule has 0 saturated heterocycles. The van der Waals surface area contributed by atoms with E-state index in [0.717, 1.165) is 22.3 Å². The quantitative estimate of drug-likeness (QED) is 0.520. The Morgan fingerprint density at radius 1 is 0.800 bits per heavy atom. The van der Waals surface area contributed by atoms with Crippen LogP contribution in [0.4, 0.5) is 0 Å². The van der Waals surface area contributed by atoms with E-state index in [-0.39, 0.29) is 11.7 Å². The maximum atomic E-state index is 13.1. The highest BCUT2D eigenvalue weighted by Gasteiger charge is 2.39. The van der Waals surface area contributed by atoms with E-state index >= 15 is 0 Å². The van der Waals surface area contributed by atoms with E-state index < -0.39 is 6.10 Å². The molecule has 3 heteroatoms. The summed E-state index contributed by atoms with van der Waals surface area (Å²) < 4.78 is 5.33. The topological polar surface area (TPSA) is 43.4 Å². The molecule has 0 spiro atoms. The van der Waals surface area contributed by atoms with Gasteiger partial charge >= 0.3 is 0 Å². The van der Waals surface area contributed by atoms with Gasteiger partial charge in [0, 0.05) is 5.56 Å². The highest BCUT2D eigenvalue weighted by molar-refractivity contribution is 6.02. The zero-order valence-electron chi connectivity index (χ0n) is 13.5. The molecular formula is C22H16O3. The van der Waals surface area contributed by atoms with Crippen LogP contribution in [0.1, 0.15) is 27.4 Å². The van der Waals surface area contributed by atoms with Crippen LogP contribution in [-0.2, 0) is 9.53 Å². The molecular weight excluding hydrogens is 312 g/mol. The fraction of sp³-hybridized carbons (Fsp3) is 0.0909. The molecule has 0 radical (unpaired) electrons. The molecule has 0 aliphatic heterocycles. The molecule has 1 unspecified atom stereocenters. The normalized spacial score (nSPS) is 13.6. The van der Waals surface area contributed by atoms with Gasteiger partial charge in [-0.15, -0.1) is 0 Å². The van der Waals surface area contributed by atoms with Crippen LogP contribution in [0.2, 0.25) is 0 Å². The van der Waals surface area contributed by atoms with Gasteiger partial charge in [0.2, 0.25) is 5.78 Å². The minimum absolute atomic E-state index is 0.191. The first-order valence-electron chi connectivity index (χ1n) is 8.18. The van der Waals surface area contributed by atoms with E-state index in [1.54, 1.807) is 12.1 Å². The number of ether oxygens (including phenoxy) is 1. The van der Waals surface area contributed by atoms with E-state index in [1.807, 2.05) is 66.7 Å². The first-order chi connectivity index (χ1) is 12.3. The number of carbonyl (C=O) groups is 2. The van der Waals surface area contributed by atoms with Gasteiger partial charge in [-0.2, -0.15) is 0 Å². The summed E-state index contributed by atoms with van der Waals surface area (Å²) in [5.74, 6) is -0.491. The van der Waals surface area contributed by atoms with Crippen LogP contribution in [0.5, 0.6) is 0 Å². The smallest absolute Gasteiger partial charge is 0.293 e. The Morgan fingerprint density at radius 3 is 1.88 bits per heavy atom. The maximum absolute atomic E-state index is 13.1. The molecule has 25 heavy (non-hydrogen) atoms. The number of rotatable bonds is 5. The number of carbonyl (C=O) groups excluding carboxylic acids is 2. The van der Waals surface area contributed by atoms with Gasteiger partial charge in [-0.3, -0.25) is 9.59 Å². The molecule has 0 aromatic heterocycles. The van der Waals surface area contributed by atoms with Crippen LogP contribution in [-0.4, -0.2) is 18.4 Å². The average molecular weight is 328 g/mol. The van der Waals surface area contributed by atoms with Gasteiger partial charge in [-0.1, -0.05) is 78.9 Å². The lowest BCUT2D eigenvalue weighted by Crippen LogP contribution is -2.31. The van der Waals surface area contributed by atoms with Crippen molar-refractivity contribution in [1.29, 1.82) is 0 Å². The Hall–Kier alpha value is -3.20. The summed E-state index contributed by atoms with van der Waals surface area (Å²) in [5.41, 5.74) is 4.74. The van der Waals surface area contributed by atoms with Gasteiger partial charge in [0.05, 0.1) is 5.92 Å². The Balaban J connectivity index is 1.85. The molecule has 0 amide bonds. The van der Waals surface area contributed by atoms with Crippen molar-refractivity contribution in [3.05, 3.63) is 95.6 Å². The van der Waals surface area contributed by atoms with Gasteiger partial charge in [0.25, 0.3) is 6.47 Å². The minimum Gasteiger partial charge on any atom is -0.455 e. The zero-order valence-corrected chi connectivity index (χ0v) is 13.5. The third-order valence-corrected chi connectivity index (χ3v) is 4.70. The van der Waals surface area contributed by atoms with Crippen molar-refractivity contribution in [3.63, 3.8) is 0 Å². The molecule has 1 aliphatic carbocycles. The second-order valence-corrected chi connectivity index (χ2v) is 6.04. The van der Waals surface area contributed by atoms with E-state index in [0.29, 0.717) is 12.0 Å². The standard InChI is InChI=1S/C22H16O3/c23-14-25-22(21(24)15-8-2-1-3-9-15)20-18-12-6-4-10-16(18)17-11-5-7-13-19(17)20/h1-14,20,22H. The molecule has 1 aliphatic rings. The van der Waals surface area contributed by atoms with E-state index in [9.17, 15) is 9.59 Å². The Morgan fingerprint density at radius 2 is 1.32 bits per heavy atom. The molecule has 0 fully saturated rings. The summed E-state index contributed by atoms with van der Waals surface area (Å²) >= 11 is 0. The second kappa shape index (κ2) is 6.36. The van der Waals surface area contributed by atoms with E-state index in [4.69, 9.17) is 4.74 Å². The summed E-state index contributed by atoms with van der Waals surface area (Å²) in [5, 5.41) is 0. The number of hydrogen-bond donors (Lipinski definition) is 0. The fourth-order valence-corrected chi connectivity index (χ4v) is 3.64. The molecule has 0 bridgehead atoms. The van der Waals surface area contributed by atoms with E-state index in [2.05, 4.69) is 0 Å². The zero-order chi connectivity index (χ0) is 17.2. The SMILES string of the molecule is O=COC(C(=O)c1ccccc1)C1c2ccccc2-c2ccccc21. The highest BCUT2D eigenvalue weighted by atomic mass is 16.5. The summed E-state index contributed by atoms with van der Waals surface area (Å²) in [4.78, 5) is 24.2. The van der Waals surface area contributed by atoms with Crippen molar-refractivity contribution in [3.8, 4) is 11.1 Å². The van der Waals surface area contributed by atoms with Gasteiger partial charge < -0.3 is 4.74 Å². The first-order valence-corrected chi connectivity index (χ1v) is 8.18.